The first-order valence-electron chi connectivity index (χ1n) is 21.6. The molecule has 0 saturated carbocycles. The van der Waals surface area contributed by atoms with Crippen LogP contribution in [0.5, 0.6) is 11.5 Å². The minimum atomic E-state index is -0.171. The van der Waals surface area contributed by atoms with Crippen molar-refractivity contribution in [2.75, 3.05) is 9.80 Å². The minimum Gasteiger partial charge on any atom is -0.509 e. The van der Waals surface area contributed by atoms with Crippen molar-refractivity contribution >= 4 is 44.6 Å². The van der Waals surface area contributed by atoms with Crippen LogP contribution >= 0.6 is 0 Å². The predicted octanol–water partition coefficient (Wildman–Crippen LogP) is 14.9. The van der Waals surface area contributed by atoms with Gasteiger partial charge in [0.15, 0.2) is 0 Å². The molecule has 0 amide bonds. The van der Waals surface area contributed by atoms with Gasteiger partial charge in [-0.05, 0) is 118 Å². The topological polar surface area (TPSA) is 46.4 Å². The molecule has 3 aromatic heterocycles. The van der Waals surface area contributed by atoms with Crippen LogP contribution in [0.2, 0.25) is 0 Å². The maximum Gasteiger partial charge on any atom is 0.135 e. The number of aryl methyl sites for hydroxylation is 3. The molecular weight excluding hydrogens is 954 g/mol. The Kier molecular flexibility index (Phi) is 11.2. The SMILES string of the molecule is Cc1cc(C)c(-c2cc(C(C)(C)C)c(N3[CH-]N(c4[c-]c(Oc5[c-]c6c(cc5)c5ccccc5n6-c5cc(C(C)(C)C)ccn5)ccc4)c4ccncc43)c(C(C)(C)C)c2)c(C)c1.[Pt]. The summed E-state index contributed by atoms with van der Waals surface area (Å²) in [6.07, 6.45) is 5.74. The van der Waals surface area contributed by atoms with Crippen molar-refractivity contribution in [3.63, 3.8) is 0 Å². The monoisotopic (exact) mass is 1010 g/mol. The Bertz CT molecular complexity index is 2970. The molecule has 0 unspecified atom stereocenters. The van der Waals surface area contributed by atoms with Crippen LogP contribution in [0.1, 0.15) is 95.7 Å². The number of nitrogens with zero attached hydrogens (tertiary/aromatic N) is 5. The Morgan fingerprint density at radius 2 is 1.30 bits per heavy atom. The molecule has 9 rings (SSSR count). The summed E-state index contributed by atoms with van der Waals surface area (Å²) in [4.78, 5) is 14.1. The minimum absolute atomic E-state index is 0. The second-order valence-electron chi connectivity index (χ2n) is 20.0. The molecule has 0 radical (unpaired) electrons. The molecule has 0 bridgehead atoms. The number of benzene rings is 5. The van der Waals surface area contributed by atoms with E-state index in [9.17, 15) is 0 Å². The van der Waals surface area contributed by atoms with Crippen LogP contribution in [0.3, 0.4) is 0 Å². The largest absolute Gasteiger partial charge is 0.509 e. The van der Waals surface area contributed by atoms with Crippen molar-refractivity contribution in [1.82, 2.24) is 14.5 Å². The first-order chi connectivity index (χ1) is 29.4. The number of hydrogen-bond donors (Lipinski definition) is 0. The summed E-state index contributed by atoms with van der Waals surface area (Å²) in [6.45, 7) is 29.4. The van der Waals surface area contributed by atoms with Crippen molar-refractivity contribution in [2.45, 2.75) is 99.3 Å². The van der Waals surface area contributed by atoms with Crippen LogP contribution in [0, 0.1) is 39.6 Å². The fourth-order valence-corrected chi connectivity index (χ4v) is 9.13. The normalized spacial score (nSPS) is 13.1. The molecule has 0 N–H and O–H groups in total. The standard InChI is InChI=1S/C56H56N5O.Pt/c1-35-26-36(2)52(37(3)27-35)38-28-45(55(7,8)9)53(46(29-38)56(10,11)12)60-34-59(48-23-24-57-33-50(48)60)40-16-15-17-41(31-40)62-42-20-21-44-43-18-13-14-19-47(43)61(49(44)32-42)51-30-39(22-25-58-51)54(4,5)6;/h13-30,33-34H,1-12H3;/q-3;. The third kappa shape index (κ3) is 8.08. The van der Waals surface area contributed by atoms with Crippen LogP contribution in [-0.2, 0) is 37.3 Å². The Morgan fingerprint density at radius 3 is 1.98 bits per heavy atom. The molecule has 1 aliphatic rings. The Balaban J connectivity index is 0.00000544. The van der Waals surface area contributed by atoms with E-state index in [1.165, 1.54) is 50.2 Å². The van der Waals surface area contributed by atoms with E-state index < -0.39 is 0 Å². The number of hydrogen-bond acceptors (Lipinski definition) is 5. The van der Waals surface area contributed by atoms with Gasteiger partial charge in [-0.25, -0.2) is 4.98 Å². The van der Waals surface area contributed by atoms with E-state index in [0.717, 1.165) is 44.7 Å². The van der Waals surface area contributed by atoms with E-state index in [1.807, 2.05) is 36.8 Å². The maximum absolute atomic E-state index is 6.65. The summed E-state index contributed by atoms with van der Waals surface area (Å²) < 4.78 is 8.84. The molecule has 324 valence electrons. The van der Waals surface area contributed by atoms with Crippen molar-refractivity contribution in [2.24, 2.45) is 0 Å². The van der Waals surface area contributed by atoms with E-state index in [4.69, 9.17) is 9.72 Å². The van der Waals surface area contributed by atoms with Gasteiger partial charge in [0, 0.05) is 61.8 Å². The summed E-state index contributed by atoms with van der Waals surface area (Å²) in [5.74, 6) is 2.05. The van der Waals surface area contributed by atoms with Gasteiger partial charge in [-0.2, -0.15) is 12.1 Å². The molecule has 0 fully saturated rings. The summed E-state index contributed by atoms with van der Waals surface area (Å²) in [6, 6.07) is 41.7. The zero-order chi connectivity index (χ0) is 43.9. The van der Waals surface area contributed by atoms with E-state index >= 15 is 0 Å². The number of aromatic nitrogens is 3. The van der Waals surface area contributed by atoms with Crippen LogP contribution in [0.25, 0.3) is 38.8 Å². The summed E-state index contributed by atoms with van der Waals surface area (Å²) in [5.41, 5.74) is 15.9. The molecule has 6 nitrogen and oxygen atoms in total. The van der Waals surface area contributed by atoms with E-state index in [2.05, 4.69) is 200 Å². The smallest absolute Gasteiger partial charge is 0.135 e. The molecule has 0 atom stereocenters. The molecule has 5 aromatic carbocycles. The molecule has 0 aliphatic carbocycles. The molecule has 0 saturated heterocycles. The molecule has 0 spiro atoms. The second kappa shape index (κ2) is 16.1. The van der Waals surface area contributed by atoms with Gasteiger partial charge in [0.2, 0.25) is 0 Å². The number of ether oxygens (including phenoxy) is 1. The van der Waals surface area contributed by atoms with Gasteiger partial charge < -0.3 is 19.1 Å². The van der Waals surface area contributed by atoms with E-state index in [1.54, 1.807) is 0 Å². The summed E-state index contributed by atoms with van der Waals surface area (Å²) >= 11 is 0. The zero-order valence-corrected chi connectivity index (χ0v) is 40.8. The Hall–Kier alpha value is -5.71. The molecule has 8 aromatic rings. The average Bonchev–Trinajstić information content (AvgIpc) is 3.75. The quantitative estimate of drug-likeness (QED) is 0.155. The maximum atomic E-state index is 6.65. The van der Waals surface area contributed by atoms with Gasteiger partial charge in [0.05, 0.1) is 11.9 Å². The molecule has 7 heteroatoms. The summed E-state index contributed by atoms with van der Waals surface area (Å²) in [7, 11) is 0. The first-order valence-corrected chi connectivity index (χ1v) is 21.6. The van der Waals surface area contributed by atoms with Crippen molar-refractivity contribution in [1.29, 1.82) is 0 Å². The average molecular weight is 1010 g/mol. The van der Waals surface area contributed by atoms with Crippen LogP contribution in [0.4, 0.5) is 22.7 Å². The van der Waals surface area contributed by atoms with Crippen molar-refractivity contribution in [3.8, 4) is 28.4 Å². The van der Waals surface area contributed by atoms with Gasteiger partial charge in [-0.15, -0.1) is 48.1 Å². The third-order valence-corrected chi connectivity index (χ3v) is 12.1. The predicted molar refractivity (Wildman–Crippen MR) is 258 cm³/mol. The van der Waals surface area contributed by atoms with Crippen LogP contribution < -0.4 is 14.5 Å². The van der Waals surface area contributed by atoms with Crippen LogP contribution in [-0.4, -0.2) is 14.5 Å². The van der Waals surface area contributed by atoms with Gasteiger partial charge in [-0.3, -0.25) is 4.98 Å². The van der Waals surface area contributed by atoms with Crippen molar-refractivity contribution < 1.29 is 25.8 Å². The second-order valence-corrected chi connectivity index (χ2v) is 20.0. The molecular formula is C56H56N5OPt-3. The Morgan fingerprint density at radius 1 is 0.619 bits per heavy atom. The van der Waals surface area contributed by atoms with Gasteiger partial charge in [-0.1, -0.05) is 104 Å². The van der Waals surface area contributed by atoms with Gasteiger partial charge >= 0.3 is 0 Å². The Labute approximate surface area is 388 Å². The third-order valence-electron chi connectivity index (χ3n) is 12.1. The number of pyridine rings is 2. The molecule has 1 aliphatic heterocycles. The van der Waals surface area contributed by atoms with E-state index in [-0.39, 0.29) is 37.3 Å². The van der Waals surface area contributed by atoms with Gasteiger partial charge in [0.1, 0.15) is 5.82 Å². The fraction of sp³-hybridized carbons (Fsp3) is 0.268. The zero-order valence-electron chi connectivity index (χ0n) is 38.5. The summed E-state index contributed by atoms with van der Waals surface area (Å²) in [5, 5.41) is 2.23. The van der Waals surface area contributed by atoms with Crippen LogP contribution in [0.15, 0.2) is 116 Å². The fourth-order valence-electron chi connectivity index (χ4n) is 9.13. The van der Waals surface area contributed by atoms with Crippen molar-refractivity contribution in [3.05, 3.63) is 168 Å². The molecule has 63 heavy (non-hydrogen) atoms. The number of para-hydroxylation sites is 1. The van der Waals surface area contributed by atoms with E-state index in [0.29, 0.717) is 11.5 Å². The van der Waals surface area contributed by atoms with Gasteiger partial charge in [0.25, 0.3) is 0 Å². The number of fused-ring (bicyclic) bond motifs is 4. The molecule has 4 heterocycles. The number of anilines is 4. The first kappa shape index (κ1) is 43.9. The number of rotatable bonds is 6.